The fraction of sp³-hybridized carbons (Fsp3) is 0.182. The molecule has 2 heteroatoms. The second kappa shape index (κ2) is 5.00. The van der Waals surface area contributed by atoms with Gasteiger partial charge in [-0.15, -0.1) is 6.42 Å². The summed E-state index contributed by atoms with van der Waals surface area (Å²) in [6.07, 6.45) is 6.54. The molecule has 0 bridgehead atoms. The van der Waals surface area contributed by atoms with E-state index >= 15 is 0 Å². The van der Waals surface area contributed by atoms with Crippen LogP contribution in [-0.2, 0) is 11.2 Å². The van der Waals surface area contributed by atoms with Gasteiger partial charge < -0.3 is 5.32 Å². The molecule has 66 valence electrons. The normalized spacial score (nSPS) is 11.3. The van der Waals surface area contributed by atoms with Crippen LogP contribution in [0.4, 0.5) is 0 Å². The molecule has 1 aromatic rings. The third-order valence-electron chi connectivity index (χ3n) is 1.75. The van der Waals surface area contributed by atoms with Gasteiger partial charge in [0.25, 0.3) is 0 Å². The summed E-state index contributed by atoms with van der Waals surface area (Å²) in [5.74, 6) is 2.51. The molecule has 0 aliphatic rings. The number of terminal acetylenes is 1. The number of amides is 1. The first-order chi connectivity index (χ1) is 6.36. The van der Waals surface area contributed by atoms with Gasteiger partial charge in [-0.05, 0) is 5.56 Å². The Bertz CT molecular complexity index is 300. The van der Waals surface area contributed by atoms with Gasteiger partial charge in [-0.1, -0.05) is 36.3 Å². The molecule has 0 heterocycles. The van der Waals surface area contributed by atoms with E-state index in [9.17, 15) is 4.79 Å². The number of carbonyl (C=O) groups excluding carboxylic acids is 1. The van der Waals surface area contributed by atoms with Gasteiger partial charge in [-0.2, -0.15) is 0 Å². The van der Waals surface area contributed by atoms with Crippen LogP contribution in [0.15, 0.2) is 30.3 Å². The van der Waals surface area contributed by atoms with Crippen molar-refractivity contribution in [1.29, 1.82) is 0 Å². The van der Waals surface area contributed by atoms with Crippen LogP contribution in [0.1, 0.15) is 5.56 Å². The molecule has 13 heavy (non-hydrogen) atoms. The summed E-state index contributed by atoms with van der Waals surface area (Å²) < 4.78 is 0. The van der Waals surface area contributed by atoms with Crippen molar-refractivity contribution >= 4 is 6.41 Å². The fourth-order valence-corrected chi connectivity index (χ4v) is 1.10. The predicted molar refractivity (Wildman–Crippen MR) is 52.0 cm³/mol. The van der Waals surface area contributed by atoms with Crippen molar-refractivity contribution < 1.29 is 4.79 Å². The van der Waals surface area contributed by atoms with E-state index in [1.807, 2.05) is 30.3 Å². The van der Waals surface area contributed by atoms with Gasteiger partial charge in [0.2, 0.25) is 6.41 Å². The topological polar surface area (TPSA) is 29.1 Å². The highest BCUT2D eigenvalue weighted by Gasteiger charge is 2.02. The zero-order chi connectivity index (χ0) is 9.52. The summed E-state index contributed by atoms with van der Waals surface area (Å²) >= 11 is 0. The van der Waals surface area contributed by atoms with Crippen molar-refractivity contribution in [2.75, 3.05) is 0 Å². The van der Waals surface area contributed by atoms with Crippen molar-refractivity contribution in [1.82, 2.24) is 5.32 Å². The van der Waals surface area contributed by atoms with Gasteiger partial charge in [0, 0.05) is 6.42 Å². The lowest BCUT2D eigenvalue weighted by atomic mass is 10.1. The zero-order valence-corrected chi connectivity index (χ0v) is 7.23. The number of nitrogens with one attached hydrogen (secondary N) is 1. The van der Waals surface area contributed by atoms with Crippen molar-refractivity contribution in [3.05, 3.63) is 35.9 Å². The Hall–Kier alpha value is -1.75. The molecule has 0 saturated carbocycles. The third kappa shape index (κ3) is 3.00. The molecule has 0 saturated heterocycles. The quantitative estimate of drug-likeness (QED) is 0.533. The molecule has 1 rings (SSSR count). The molecule has 0 aliphatic carbocycles. The minimum absolute atomic E-state index is 0.208. The minimum atomic E-state index is -0.208. The van der Waals surface area contributed by atoms with Gasteiger partial charge in [-0.3, -0.25) is 4.79 Å². The van der Waals surface area contributed by atoms with E-state index in [1.165, 1.54) is 0 Å². The Morgan fingerprint density at radius 3 is 2.69 bits per heavy atom. The number of hydrogen-bond donors (Lipinski definition) is 1. The van der Waals surface area contributed by atoms with Gasteiger partial charge >= 0.3 is 0 Å². The third-order valence-corrected chi connectivity index (χ3v) is 1.75. The number of rotatable bonds is 4. The lowest BCUT2D eigenvalue weighted by molar-refractivity contribution is -0.109. The first-order valence-electron chi connectivity index (χ1n) is 4.06. The van der Waals surface area contributed by atoms with Crippen LogP contribution in [0.25, 0.3) is 0 Å². The van der Waals surface area contributed by atoms with Gasteiger partial charge in [0.05, 0.1) is 6.04 Å². The molecular formula is C11H11NO. The predicted octanol–water partition coefficient (Wildman–Crippen LogP) is 0.977. The maximum Gasteiger partial charge on any atom is 0.208 e. The van der Waals surface area contributed by atoms with E-state index in [0.29, 0.717) is 12.8 Å². The molecule has 1 aromatic carbocycles. The Labute approximate surface area is 78.0 Å². The largest absolute Gasteiger partial charge is 0.345 e. The minimum Gasteiger partial charge on any atom is -0.345 e. The molecule has 1 atom stereocenters. The van der Waals surface area contributed by atoms with Crippen LogP contribution in [0, 0.1) is 12.3 Å². The Morgan fingerprint density at radius 2 is 2.15 bits per heavy atom. The second-order valence-electron chi connectivity index (χ2n) is 2.69. The Kier molecular flexibility index (Phi) is 3.59. The first kappa shape index (κ1) is 9.34. The second-order valence-corrected chi connectivity index (χ2v) is 2.69. The van der Waals surface area contributed by atoms with Crippen LogP contribution in [-0.4, -0.2) is 12.5 Å². The Morgan fingerprint density at radius 1 is 1.46 bits per heavy atom. The maximum atomic E-state index is 10.2. The maximum absolute atomic E-state index is 10.2. The molecule has 1 N–H and O–H groups in total. The van der Waals surface area contributed by atoms with Crippen LogP contribution < -0.4 is 5.32 Å². The van der Waals surface area contributed by atoms with E-state index in [1.54, 1.807) is 0 Å². The molecule has 0 fully saturated rings. The van der Waals surface area contributed by atoms with Crippen LogP contribution in [0.3, 0.4) is 0 Å². The Balaban J connectivity index is 2.58. The molecular weight excluding hydrogens is 162 g/mol. The molecule has 1 amide bonds. The van der Waals surface area contributed by atoms with E-state index in [-0.39, 0.29) is 6.04 Å². The number of hydrogen-bond acceptors (Lipinski definition) is 1. The monoisotopic (exact) mass is 173 g/mol. The number of benzene rings is 1. The molecule has 0 aliphatic heterocycles. The van der Waals surface area contributed by atoms with Crippen molar-refractivity contribution in [3.63, 3.8) is 0 Å². The van der Waals surface area contributed by atoms with E-state index in [2.05, 4.69) is 11.2 Å². The van der Waals surface area contributed by atoms with Crippen LogP contribution >= 0.6 is 0 Å². The summed E-state index contributed by atoms with van der Waals surface area (Å²) in [7, 11) is 0. The number of carbonyl (C=O) groups is 1. The summed E-state index contributed by atoms with van der Waals surface area (Å²) in [5.41, 5.74) is 1.12. The molecule has 0 radical (unpaired) electrons. The van der Waals surface area contributed by atoms with Crippen molar-refractivity contribution in [3.8, 4) is 12.3 Å². The zero-order valence-electron chi connectivity index (χ0n) is 7.23. The van der Waals surface area contributed by atoms with Crippen LogP contribution in [0.5, 0.6) is 0 Å². The van der Waals surface area contributed by atoms with Gasteiger partial charge in [0.15, 0.2) is 0 Å². The summed E-state index contributed by atoms with van der Waals surface area (Å²) in [4.78, 5) is 10.2. The standard InChI is InChI=1S/C11H11NO/c1-2-11(12-9-13)8-10-6-4-3-5-7-10/h1,3-7,9,11H,8H2,(H,12,13)/t11-/m1/s1. The SMILES string of the molecule is C#C[C@H](Cc1ccccc1)NC=O. The van der Waals surface area contributed by atoms with Crippen molar-refractivity contribution in [2.24, 2.45) is 0 Å². The average molecular weight is 173 g/mol. The summed E-state index contributed by atoms with van der Waals surface area (Å²) in [6.45, 7) is 0. The molecule has 0 unspecified atom stereocenters. The fourth-order valence-electron chi connectivity index (χ4n) is 1.10. The average Bonchev–Trinajstić information content (AvgIpc) is 2.19. The lowest BCUT2D eigenvalue weighted by Crippen LogP contribution is -2.28. The summed E-state index contributed by atoms with van der Waals surface area (Å²) in [6, 6.07) is 9.60. The molecule has 0 spiro atoms. The van der Waals surface area contributed by atoms with E-state index in [4.69, 9.17) is 6.42 Å². The highest BCUT2D eigenvalue weighted by Crippen LogP contribution is 2.01. The van der Waals surface area contributed by atoms with E-state index in [0.717, 1.165) is 5.56 Å². The van der Waals surface area contributed by atoms with Crippen molar-refractivity contribution in [2.45, 2.75) is 12.5 Å². The lowest BCUT2D eigenvalue weighted by Gasteiger charge is -2.08. The molecule has 2 nitrogen and oxygen atoms in total. The smallest absolute Gasteiger partial charge is 0.208 e. The van der Waals surface area contributed by atoms with Gasteiger partial charge in [-0.25, -0.2) is 0 Å². The highest BCUT2D eigenvalue weighted by molar-refractivity contribution is 5.48. The van der Waals surface area contributed by atoms with E-state index < -0.39 is 0 Å². The molecule has 0 aromatic heterocycles. The summed E-state index contributed by atoms with van der Waals surface area (Å²) in [5, 5.41) is 2.56. The highest BCUT2D eigenvalue weighted by atomic mass is 16.1. The first-order valence-corrected chi connectivity index (χ1v) is 4.06. The van der Waals surface area contributed by atoms with Gasteiger partial charge in [0.1, 0.15) is 0 Å². The van der Waals surface area contributed by atoms with Crippen LogP contribution in [0.2, 0.25) is 0 Å².